The van der Waals surface area contributed by atoms with Crippen molar-refractivity contribution in [3.05, 3.63) is 11.6 Å². The molecule has 3 unspecified atom stereocenters. The van der Waals surface area contributed by atoms with Crippen LogP contribution in [0.4, 0.5) is 0 Å². The molecule has 15 heteroatoms. The fourth-order valence-electron chi connectivity index (χ4n) is 14.5. The highest BCUT2D eigenvalue weighted by Gasteiger charge is 2.69. The maximum Gasteiger partial charge on any atom is 0.310 e. The van der Waals surface area contributed by atoms with Crippen LogP contribution in [0, 0.1) is 50.2 Å². The molecule has 0 bridgehead atoms. The summed E-state index contributed by atoms with van der Waals surface area (Å²) in [5.41, 5.74) is 0.298. The van der Waals surface area contributed by atoms with Gasteiger partial charge in [-0.2, -0.15) is 0 Å². The number of allylic oxidation sites excluding steroid dienone is 2. The molecular weight excluding hydrogens is 792 g/mol. The summed E-state index contributed by atoms with van der Waals surface area (Å²) < 4.78 is 36.2. The van der Waals surface area contributed by atoms with E-state index < -0.39 is 91.3 Å². The maximum absolute atomic E-state index is 13.1. The summed E-state index contributed by atoms with van der Waals surface area (Å²) in [7, 11) is 0. The molecule has 3 heterocycles. The van der Waals surface area contributed by atoms with Crippen LogP contribution in [0.15, 0.2) is 11.6 Å². The lowest BCUT2D eigenvalue weighted by molar-refractivity contribution is -0.378. The summed E-state index contributed by atoms with van der Waals surface area (Å²) in [4.78, 5) is 13.1. The SMILES string of the molecule is C[C@@H]1O[C@@H](O[C@H]2[C@H](O[C@H]3CC[C@@]4(C)C(CC[C@]5(C)C4CC=C4C6CC(C)(C)CC[C@]6(C(=O)O)CC[C@]45C)C3(C)C)OC[C@H](O)[C@@H]2O)[C@H](O)[C@H](O[C@@H]2OC[C@@H](O)[C@@H](O)[C@H]2O)[C@H]1O. The van der Waals surface area contributed by atoms with Gasteiger partial charge in [-0.1, -0.05) is 60.1 Å². The van der Waals surface area contributed by atoms with Crippen LogP contribution in [0.1, 0.15) is 120 Å². The predicted molar refractivity (Wildman–Crippen MR) is 217 cm³/mol. The first kappa shape index (κ1) is 46.2. The quantitative estimate of drug-likeness (QED) is 0.136. The van der Waals surface area contributed by atoms with Crippen molar-refractivity contribution in [3.63, 3.8) is 0 Å². The van der Waals surface area contributed by atoms with E-state index >= 15 is 0 Å². The molecule has 0 amide bonds. The van der Waals surface area contributed by atoms with Crippen LogP contribution in [0.25, 0.3) is 0 Å². The van der Waals surface area contributed by atoms with Crippen molar-refractivity contribution >= 4 is 5.97 Å². The van der Waals surface area contributed by atoms with Crippen molar-refractivity contribution < 1.29 is 74.1 Å². The molecule has 8 rings (SSSR count). The van der Waals surface area contributed by atoms with Gasteiger partial charge in [-0.15, -0.1) is 0 Å². The number of rotatable bonds is 7. The smallest absolute Gasteiger partial charge is 0.310 e. The number of ether oxygens (including phenoxy) is 6. The molecule has 0 aromatic heterocycles. The van der Waals surface area contributed by atoms with Gasteiger partial charge in [0.05, 0.1) is 30.8 Å². The van der Waals surface area contributed by atoms with Crippen molar-refractivity contribution in [1.29, 1.82) is 0 Å². The summed E-state index contributed by atoms with van der Waals surface area (Å²) in [5, 5.41) is 85.9. The number of carbonyl (C=O) groups is 1. The van der Waals surface area contributed by atoms with Crippen molar-refractivity contribution in [1.82, 2.24) is 0 Å². The minimum atomic E-state index is -1.69. The standard InChI is InChI=1S/C46H74O15/c1-22-30(49)35(60-37-33(52)31(50)25(47)20-56-37)34(53)38(58-22)61-36-32(51)26(48)21-57-39(36)59-29-12-13-43(6)27(42(29,4)5)11-14-45(8)28(43)10-9-23-24-19-41(2,3)15-17-46(24,40(54)55)18-16-44(23,45)7/h9,22,24-39,47-53H,10-21H2,1-8H3,(H,54,55)/t22-,24?,25+,26-,27?,28?,29-,30-,31+,32-,33+,34+,35+,36+,37-,38-,39-,43-,44+,45+,46-/m0/s1. The van der Waals surface area contributed by atoms with Crippen LogP contribution in [0.5, 0.6) is 0 Å². The van der Waals surface area contributed by atoms with E-state index in [2.05, 4.69) is 54.5 Å². The van der Waals surface area contributed by atoms with Crippen molar-refractivity contribution in [2.75, 3.05) is 13.2 Å². The third-order valence-corrected chi connectivity index (χ3v) is 18.5. The molecule has 0 aromatic carbocycles. The highest BCUT2D eigenvalue weighted by Crippen LogP contribution is 2.76. The Kier molecular flexibility index (Phi) is 12.1. The molecule has 8 N–H and O–H groups in total. The first-order valence-electron chi connectivity index (χ1n) is 23.0. The van der Waals surface area contributed by atoms with Gasteiger partial charge in [-0.3, -0.25) is 4.79 Å². The average Bonchev–Trinajstić information content (AvgIpc) is 3.18. The van der Waals surface area contributed by atoms with Gasteiger partial charge in [0, 0.05) is 0 Å². The van der Waals surface area contributed by atoms with Crippen LogP contribution >= 0.6 is 0 Å². The number of aliphatic hydroxyl groups is 7. The second-order valence-electron chi connectivity index (χ2n) is 22.6. The first-order chi connectivity index (χ1) is 28.4. The highest BCUT2D eigenvalue weighted by molar-refractivity contribution is 5.76. The highest BCUT2D eigenvalue weighted by atomic mass is 16.8. The van der Waals surface area contributed by atoms with Gasteiger partial charge < -0.3 is 69.3 Å². The Morgan fingerprint density at radius 3 is 2.00 bits per heavy atom. The van der Waals surface area contributed by atoms with Crippen LogP contribution in [-0.4, -0.2) is 146 Å². The summed E-state index contributed by atoms with van der Waals surface area (Å²) in [6.07, 6.45) is -7.57. The molecule has 21 atom stereocenters. The Labute approximate surface area is 360 Å². The number of hydrogen-bond acceptors (Lipinski definition) is 14. The Bertz CT molecular complexity index is 1670. The predicted octanol–water partition coefficient (Wildman–Crippen LogP) is 3.01. The third-order valence-electron chi connectivity index (χ3n) is 18.5. The minimum absolute atomic E-state index is 0.0145. The molecule has 0 spiro atoms. The number of aliphatic carboxylic acids is 1. The van der Waals surface area contributed by atoms with Crippen molar-refractivity contribution in [3.8, 4) is 0 Å². The second kappa shape index (κ2) is 15.9. The van der Waals surface area contributed by atoms with Crippen molar-refractivity contribution in [2.24, 2.45) is 50.2 Å². The Hall–Kier alpha value is -1.31. The molecular formula is C46H74O15. The molecule has 61 heavy (non-hydrogen) atoms. The summed E-state index contributed by atoms with van der Waals surface area (Å²) in [5.74, 6) is 0.0702. The van der Waals surface area contributed by atoms with E-state index in [4.69, 9.17) is 28.4 Å². The lowest BCUT2D eigenvalue weighted by Crippen LogP contribution is -2.66. The van der Waals surface area contributed by atoms with Gasteiger partial charge in [-0.25, -0.2) is 0 Å². The Balaban J connectivity index is 1.00. The number of aliphatic hydroxyl groups excluding tert-OH is 7. The van der Waals surface area contributed by atoms with Crippen LogP contribution in [-0.2, 0) is 33.2 Å². The molecule has 8 aliphatic rings. The van der Waals surface area contributed by atoms with Gasteiger partial charge in [0.2, 0.25) is 0 Å². The molecule has 0 aromatic rings. The van der Waals surface area contributed by atoms with Crippen LogP contribution < -0.4 is 0 Å². The zero-order valence-electron chi connectivity index (χ0n) is 37.3. The van der Waals surface area contributed by atoms with E-state index in [0.717, 1.165) is 57.8 Å². The van der Waals surface area contributed by atoms with Gasteiger partial charge >= 0.3 is 5.97 Å². The first-order valence-corrected chi connectivity index (χ1v) is 23.0. The van der Waals surface area contributed by atoms with E-state index in [9.17, 15) is 45.6 Å². The van der Waals surface area contributed by atoms with E-state index in [0.29, 0.717) is 12.3 Å². The summed E-state index contributed by atoms with van der Waals surface area (Å²) >= 11 is 0. The van der Waals surface area contributed by atoms with Gasteiger partial charge in [0.1, 0.15) is 54.9 Å². The number of carboxylic acid groups (broad SMARTS) is 1. The van der Waals surface area contributed by atoms with E-state index in [1.165, 1.54) is 12.5 Å². The second-order valence-corrected chi connectivity index (χ2v) is 22.6. The third kappa shape index (κ3) is 7.21. The lowest BCUT2D eigenvalue weighted by atomic mass is 9.33. The Morgan fingerprint density at radius 1 is 0.672 bits per heavy atom. The summed E-state index contributed by atoms with van der Waals surface area (Å²) in [6.45, 7) is 17.5. The molecule has 15 nitrogen and oxygen atoms in total. The number of fused-ring (bicyclic) bond motifs is 7. The normalized spacial score (nSPS) is 54.3. The molecule has 3 aliphatic heterocycles. The fraction of sp³-hybridized carbons (Fsp3) is 0.935. The topological polar surface area (TPSA) is 234 Å². The monoisotopic (exact) mass is 867 g/mol. The molecule has 5 aliphatic carbocycles. The van der Waals surface area contributed by atoms with E-state index in [1.807, 2.05) is 0 Å². The van der Waals surface area contributed by atoms with Gasteiger partial charge in [0.25, 0.3) is 0 Å². The lowest BCUT2D eigenvalue weighted by Gasteiger charge is -2.71. The molecule has 348 valence electrons. The number of hydrogen-bond donors (Lipinski definition) is 8. The summed E-state index contributed by atoms with van der Waals surface area (Å²) in [6, 6.07) is 0. The minimum Gasteiger partial charge on any atom is -0.481 e. The van der Waals surface area contributed by atoms with E-state index in [1.54, 1.807) is 0 Å². The van der Waals surface area contributed by atoms with Crippen molar-refractivity contribution in [2.45, 2.75) is 206 Å². The number of carboxylic acids is 1. The van der Waals surface area contributed by atoms with E-state index in [-0.39, 0.29) is 58.2 Å². The molecule has 7 fully saturated rings. The molecule has 4 saturated carbocycles. The fourth-order valence-corrected chi connectivity index (χ4v) is 14.5. The van der Waals surface area contributed by atoms with Gasteiger partial charge in [0.15, 0.2) is 18.9 Å². The van der Waals surface area contributed by atoms with Gasteiger partial charge in [-0.05, 0) is 116 Å². The largest absolute Gasteiger partial charge is 0.481 e. The van der Waals surface area contributed by atoms with Crippen LogP contribution in [0.2, 0.25) is 0 Å². The zero-order chi connectivity index (χ0) is 44.4. The zero-order valence-corrected chi connectivity index (χ0v) is 37.3. The Morgan fingerprint density at radius 2 is 1.31 bits per heavy atom. The molecule has 0 radical (unpaired) electrons. The van der Waals surface area contributed by atoms with Crippen LogP contribution in [0.3, 0.4) is 0 Å². The maximum atomic E-state index is 13.1. The average molecular weight is 867 g/mol. The molecule has 3 saturated heterocycles.